The van der Waals surface area contributed by atoms with Gasteiger partial charge in [-0.3, -0.25) is 0 Å². The van der Waals surface area contributed by atoms with Crippen molar-refractivity contribution in [2.75, 3.05) is 25.5 Å². The summed E-state index contributed by atoms with van der Waals surface area (Å²) in [4.78, 5) is 12.8. The molecule has 168 valence electrons. The van der Waals surface area contributed by atoms with Gasteiger partial charge in [0.25, 0.3) is 0 Å². The SMILES string of the molecule is COc1cc(C(C)(C)C)c(O)c(NC(=O)NCc2ccccc2)c1CC1CCNCC1. The molecule has 1 saturated heterocycles. The molecule has 2 amide bonds. The lowest BCUT2D eigenvalue weighted by atomic mass is 9.83. The molecule has 0 aliphatic carbocycles. The average Bonchev–Trinajstić information content (AvgIpc) is 2.75. The second-order valence-electron chi connectivity index (χ2n) is 9.27. The summed E-state index contributed by atoms with van der Waals surface area (Å²) >= 11 is 0. The van der Waals surface area contributed by atoms with E-state index in [-0.39, 0.29) is 17.2 Å². The summed E-state index contributed by atoms with van der Waals surface area (Å²) in [6.07, 6.45) is 2.87. The third kappa shape index (κ3) is 5.91. The van der Waals surface area contributed by atoms with E-state index in [1.54, 1.807) is 7.11 Å². The molecular weight excluding hydrogens is 390 g/mol. The van der Waals surface area contributed by atoms with E-state index in [1.807, 2.05) is 57.2 Å². The third-order valence-electron chi connectivity index (χ3n) is 5.88. The molecule has 3 rings (SSSR count). The molecular formula is C25H35N3O3. The number of benzene rings is 2. The maximum Gasteiger partial charge on any atom is 0.319 e. The van der Waals surface area contributed by atoms with Gasteiger partial charge in [-0.2, -0.15) is 0 Å². The summed E-state index contributed by atoms with van der Waals surface area (Å²) in [5.74, 6) is 1.30. The molecule has 0 unspecified atom stereocenters. The van der Waals surface area contributed by atoms with Crippen LogP contribution in [0.2, 0.25) is 0 Å². The molecule has 1 aliphatic heterocycles. The minimum Gasteiger partial charge on any atom is -0.505 e. The lowest BCUT2D eigenvalue weighted by Crippen LogP contribution is -2.30. The van der Waals surface area contributed by atoms with Crippen LogP contribution >= 0.6 is 0 Å². The van der Waals surface area contributed by atoms with Crippen LogP contribution in [0.15, 0.2) is 36.4 Å². The van der Waals surface area contributed by atoms with Crippen molar-refractivity contribution in [3.63, 3.8) is 0 Å². The average molecular weight is 426 g/mol. The van der Waals surface area contributed by atoms with Crippen molar-refractivity contribution in [2.24, 2.45) is 5.92 Å². The van der Waals surface area contributed by atoms with Gasteiger partial charge in [-0.15, -0.1) is 0 Å². The van der Waals surface area contributed by atoms with Crippen molar-refractivity contribution in [3.8, 4) is 11.5 Å². The molecule has 0 atom stereocenters. The van der Waals surface area contributed by atoms with Crippen LogP contribution in [0.4, 0.5) is 10.5 Å². The highest BCUT2D eigenvalue weighted by Crippen LogP contribution is 2.44. The Hall–Kier alpha value is -2.73. The van der Waals surface area contributed by atoms with Gasteiger partial charge in [0.15, 0.2) is 0 Å². The first-order valence-electron chi connectivity index (χ1n) is 11.0. The Labute approximate surface area is 185 Å². The first kappa shape index (κ1) is 22.9. The van der Waals surface area contributed by atoms with Crippen LogP contribution in [0.3, 0.4) is 0 Å². The van der Waals surface area contributed by atoms with Crippen molar-refractivity contribution >= 4 is 11.7 Å². The molecule has 31 heavy (non-hydrogen) atoms. The van der Waals surface area contributed by atoms with Gasteiger partial charge >= 0.3 is 6.03 Å². The molecule has 6 heteroatoms. The lowest BCUT2D eigenvalue weighted by Gasteiger charge is -2.28. The number of piperidine rings is 1. The van der Waals surface area contributed by atoms with Crippen LogP contribution < -0.4 is 20.7 Å². The van der Waals surface area contributed by atoms with Gasteiger partial charge in [-0.1, -0.05) is 51.1 Å². The highest BCUT2D eigenvalue weighted by Gasteiger charge is 2.28. The number of nitrogens with one attached hydrogen (secondary N) is 3. The number of methoxy groups -OCH3 is 1. The van der Waals surface area contributed by atoms with Crippen molar-refractivity contribution < 1.29 is 14.6 Å². The van der Waals surface area contributed by atoms with Gasteiger partial charge in [0, 0.05) is 17.7 Å². The number of phenolic OH excluding ortho intramolecular Hbond substituents is 1. The van der Waals surface area contributed by atoms with Gasteiger partial charge in [-0.25, -0.2) is 4.79 Å². The predicted octanol–water partition coefficient (Wildman–Crippen LogP) is 4.56. The fourth-order valence-corrected chi connectivity index (χ4v) is 4.09. The molecule has 1 heterocycles. The number of ether oxygens (including phenoxy) is 1. The highest BCUT2D eigenvalue weighted by molar-refractivity contribution is 5.93. The first-order chi connectivity index (χ1) is 14.8. The van der Waals surface area contributed by atoms with Crippen molar-refractivity contribution in [2.45, 2.75) is 52.0 Å². The van der Waals surface area contributed by atoms with E-state index < -0.39 is 0 Å². The summed E-state index contributed by atoms with van der Waals surface area (Å²) in [6.45, 7) is 8.49. The Kier molecular flexibility index (Phi) is 7.44. The molecule has 0 bridgehead atoms. The number of hydrogen-bond donors (Lipinski definition) is 4. The molecule has 0 radical (unpaired) electrons. The second kappa shape index (κ2) is 10.1. The molecule has 1 aliphatic rings. The number of rotatable bonds is 6. The molecule has 0 spiro atoms. The summed E-state index contributed by atoms with van der Waals surface area (Å²) in [5.41, 5.74) is 2.76. The standard InChI is InChI=1S/C25H35N3O3/c1-25(2,3)20-15-21(31-4)19(14-17-10-12-26-13-11-17)22(23(20)29)28-24(30)27-16-18-8-6-5-7-9-18/h5-9,15,17,26,29H,10-14,16H2,1-4H3,(H2,27,28,30). The van der Waals surface area contributed by atoms with Crippen molar-refractivity contribution in [3.05, 3.63) is 53.1 Å². The normalized spacial score (nSPS) is 14.8. The number of phenols is 1. The predicted molar refractivity (Wildman–Crippen MR) is 125 cm³/mol. The van der Waals surface area contributed by atoms with Gasteiger partial charge < -0.3 is 25.8 Å². The van der Waals surface area contributed by atoms with Crippen LogP contribution in [0.1, 0.15) is 50.3 Å². The largest absolute Gasteiger partial charge is 0.505 e. The Balaban J connectivity index is 1.90. The zero-order valence-corrected chi connectivity index (χ0v) is 19.0. The minimum atomic E-state index is -0.348. The Morgan fingerprint density at radius 2 is 1.87 bits per heavy atom. The van der Waals surface area contributed by atoms with E-state index in [0.29, 0.717) is 23.9 Å². The molecule has 0 saturated carbocycles. The number of aromatic hydroxyl groups is 1. The zero-order valence-electron chi connectivity index (χ0n) is 19.0. The first-order valence-corrected chi connectivity index (χ1v) is 11.0. The van der Waals surface area contributed by atoms with Gasteiger partial charge in [-0.05, 0) is 55.3 Å². The fourth-order valence-electron chi connectivity index (χ4n) is 4.09. The van der Waals surface area contributed by atoms with E-state index in [2.05, 4.69) is 16.0 Å². The second-order valence-corrected chi connectivity index (χ2v) is 9.27. The maximum absolute atomic E-state index is 12.8. The summed E-state index contributed by atoms with van der Waals surface area (Å²) in [5, 5.41) is 20.4. The minimum absolute atomic E-state index is 0.118. The lowest BCUT2D eigenvalue weighted by molar-refractivity contribution is 0.251. The Morgan fingerprint density at radius 3 is 2.48 bits per heavy atom. The number of urea groups is 1. The smallest absolute Gasteiger partial charge is 0.319 e. The Bertz CT molecular complexity index is 885. The van der Waals surface area contributed by atoms with Crippen molar-refractivity contribution in [1.29, 1.82) is 0 Å². The quantitative estimate of drug-likeness (QED) is 0.511. The van der Waals surface area contributed by atoms with Gasteiger partial charge in [0.1, 0.15) is 11.5 Å². The molecule has 4 N–H and O–H groups in total. The van der Waals surface area contributed by atoms with Crippen LogP contribution in [0.25, 0.3) is 0 Å². The topological polar surface area (TPSA) is 82.6 Å². The van der Waals surface area contributed by atoms with E-state index in [9.17, 15) is 9.90 Å². The highest BCUT2D eigenvalue weighted by atomic mass is 16.5. The molecule has 6 nitrogen and oxygen atoms in total. The van der Waals surface area contributed by atoms with Gasteiger partial charge in [0.2, 0.25) is 0 Å². The maximum atomic E-state index is 12.8. The number of carbonyl (C=O) groups is 1. The third-order valence-corrected chi connectivity index (χ3v) is 5.88. The van der Waals surface area contributed by atoms with Crippen LogP contribution in [0, 0.1) is 5.92 Å². The fraction of sp³-hybridized carbons (Fsp3) is 0.480. The molecule has 1 fully saturated rings. The van der Waals surface area contributed by atoms with E-state index in [0.717, 1.165) is 49.0 Å². The number of hydrogen-bond acceptors (Lipinski definition) is 4. The van der Waals surface area contributed by atoms with E-state index >= 15 is 0 Å². The van der Waals surface area contributed by atoms with Crippen LogP contribution in [-0.2, 0) is 18.4 Å². The number of carbonyl (C=O) groups excluding carboxylic acids is 1. The van der Waals surface area contributed by atoms with Crippen LogP contribution in [0.5, 0.6) is 11.5 Å². The van der Waals surface area contributed by atoms with Gasteiger partial charge in [0.05, 0.1) is 12.8 Å². The van der Waals surface area contributed by atoms with E-state index in [4.69, 9.17) is 4.74 Å². The van der Waals surface area contributed by atoms with Crippen LogP contribution in [-0.4, -0.2) is 31.3 Å². The van der Waals surface area contributed by atoms with E-state index in [1.165, 1.54) is 0 Å². The summed E-state index contributed by atoms with van der Waals surface area (Å²) in [6, 6.07) is 11.3. The molecule has 2 aromatic rings. The summed E-state index contributed by atoms with van der Waals surface area (Å²) in [7, 11) is 1.64. The summed E-state index contributed by atoms with van der Waals surface area (Å²) < 4.78 is 5.73. The molecule has 0 aromatic heterocycles. The monoisotopic (exact) mass is 425 g/mol. The number of amides is 2. The van der Waals surface area contributed by atoms with Crippen molar-refractivity contribution in [1.82, 2.24) is 10.6 Å². The molecule has 2 aromatic carbocycles. The zero-order chi connectivity index (χ0) is 22.4. The Morgan fingerprint density at radius 1 is 1.19 bits per heavy atom. The number of anilines is 1.